The summed E-state index contributed by atoms with van der Waals surface area (Å²) in [5.74, 6) is 2.59. The molecule has 0 saturated heterocycles. The van der Waals surface area contributed by atoms with Crippen molar-refractivity contribution in [1.82, 2.24) is 0 Å². The molecule has 4 fully saturated rings. The van der Waals surface area contributed by atoms with E-state index in [0.29, 0.717) is 48.5 Å². The molecule has 0 radical (unpaired) electrons. The van der Waals surface area contributed by atoms with E-state index >= 15 is 0 Å². The molecule has 0 heterocycles. The molecular weight excluding hydrogens is 404 g/mol. The standard InChI is InChI=1S/C27H46O5/c1-6-32-24(30)10-7-16(2)19-8-9-20-25-21(15-23(29)27(19,20)4)26(3)12-11-18(28)13-17(26)14-22(25)31-5/h16-23,25,28-29H,6-15H2,1-5H3/t16-,17+,18-,19-,20+,21+,22-,23+,25+,26+,27-/m1/s1. The number of aliphatic hydroxyl groups excluding tert-OH is 2. The van der Waals surface area contributed by atoms with Gasteiger partial charge in [0.15, 0.2) is 0 Å². The predicted octanol–water partition coefficient (Wildman–Crippen LogP) is 4.58. The first kappa shape index (κ1) is 24.5. The van der Waals surface area contributed by atoms with Gasteiger partial charge in [-0.15, -0.1) is 0 Å². The van der Waals surface area contributed by atoms with Crippen molar-refractivity contribution in [1.29, 1.82) is 0 Å². The number of carbonyl (C=O) groups is 1. The third-order valence-corrected chi connectivity index (χ3v) is 10.9. The van der Waals surface area contributed by atoms with E-state index in [9.17, 15) is 15.0 Å². The molecular formula is C27H46O5. The number of methoxy groups -OCH3 is 1. The second-order valence-electron chi connectivity index (χ2n) is 12.1. The van der Waals surface area contributed by atoms with Crippen molar-refractivity contribution in [2.45, 2.75) is 104 Å². The molecule has 4 aliphatic rings. The van der Waals surface area contributed by atoms with Crippen LogP contribution in [0, 0.1) is 46.3 Å². The topological polar surface area (TPSA) is 76.0 Å². The van der Waals surface area contributed by atoms with E-state index in [4.69, 9.17) is 9.47 Å². The largest absolute Gasteiger partial charge is 0.466 e. The molecule has 4 aliphatic carbocycles. The van der Waals surface area contributed by atoms with Gasteiger partial charge in [0.2, 0.25) is 0 Å². The van der Waals surface area contributed by atoms with Crippen LogP contribution < -0.4 is 0 Å². The molecule has 32 heavy (non-hydrogen) atoms. The molecule has 0 aromatic carbocycles. The molecule has 4 rings (SSSR count). The fourth-order valence-corrected chi connectivity index (χ4v) is 9.14. The van der Waals surface area contributed by atoms with Crippen molar-refractivity contribution in [2.75, 3.05) is 13.7 Å². The van der Waals surface area contributed by atoms with Crippen LogP contribution in [0.15, 0.2) is 0 Å². The number of aliphatic hydroxyl groups is 2. The van der Waals surface area contributed by atoms with E-state index in [1.807, 2.05) is 14.0 Å². The van der Waals surface area contributed by atoms with Gasteiger partial charge in [0.1, 0.15) is 0 Å². The third kappa shape index (κ3) is 3.84. The lowest BCUT2D eigenvalue weighted by Crippen LogP contribution is -2.62. The number of carbonyl (C=O) groups excluding carboxylic acids is 1. The molecule has 5 heteroatoms. The van der Waals surface area contributed by atoms with Crippen molar-refractivity contribution in [3.8, 4) is 0 Å². The monoisotopic (exact) mass is 450 g/mol. The molecule has 5 nitrogen and oxygen atoms in total. The van der Waals surface area contributed by atoms with Crippen molar-refractivity contribution >= 4 is 5.97 Å². The molecule has 0 spiro atoms. The Balaban J connectivity index is 1.57. The zero-order valence-corrected chi connectivity index (χ0v) is 20.9. The van der Waals surface area contributed by atoms with E-state index in [0.717, 1.165) is 51.4 Å². The lowest BCUT2D eigenvalue weighted by atomic mass is 9.43. The minimum Gasteiger partial charge on any atom is -0.466 e. The van der Waals surface area contributed by atoms with E-state index in [-0.39, 0.29) is 35.1 Å². The van der Waals surface area contributed by atoms with Crippen LogP contribution in [0.25, 0.3) is 0 Å². The molecule has 0 amide bonds. The van der Waals surface area contributed by atoms with Crippen LogP contribution in [0.3, 0.4) is 0 Å². The Kier molecular flexibility index (Phi) is 7.03. The average molecular weight is 451 g/mol. The van der Waals surface area contributed by atoms with E-state index in [1.165, 1.54) is 0 Å². The number of esters is 1. The SMILES string of the molecule is CCOC(=O)CC[C@@H](C)[C@H]1CC[C@H]2[C@@H]3[C@H](OC)C[C@@H]4C[C@H](O)CC[C@]4(C)[C@H]3C[C@H](O)[C@]12C. The summed E-state index contributed by atoms with van der Waals surface area (Å²) in [6.45, 7) is 9.34. The molecule has 0 aromatic heterocycles. The number of hydrogen-bond acceptors (Lipinski definition) is 5. The summed E-state index contributed by atoms with van der Waals surface area (Å²) in [5, 5.41) is 22.0. The fraction of sp³-hybridized carbons (Fsp3) is 0.963. The highest BCUT2D eigenvalue weighted by molar-refractivity contribution is 5.69. The predicted molar refractivity (Wildman–Crippen MR) is 124 cm³/mol. The minimum atomic E-state index is -0.314. The number of ether oxygens (including phenoxy) is 2. The van der Waals surface area contributed by atoms with Crippen LogP contribution in [-0.4, -0.2) is 48.2 Å². The van der Waals surface area contributed by atoms with Gasteiger partial charge in [-0.1, -0.05) is 20.8 Å². The Labute approximate surface area is 194 Å². The van der Waals surface area contributed by atoms with E-state index in [2.05, 4.69) is 20.8 Å². The Bertz CT molecular complexity index is 681. The molecule has 4 saturated carbocycles. The molecule has 0 aromatic rings. The lowest BCUT2D eigenvalue weighted by Gasteiger charge is -2.64. The average Bonchev–Trinajstić information content (AvgIpc) is 3.12. The molecule has 11 atom stereocenters. The zero-order chi connectivity index (χ0) is 23.3. The summed E-state index contributed by atoms with van der Waals surface area (Å²) in [7, 11) is 1.86. The zero-order valence-electron chi connectivity index (χ0n) is 20.9. The Morgan fingerprint density at radius 3 is 2.53 bits per heavy atom. The van der Waals surface area contributed by atoms with E-state index in [1.54, 1.807) is 0 Å². The highest BCUT2D eigenvalue weighted by Crippen LogP contribution is 2.68. The van der Waals surface area contributed by atoms with Crippen molar-refractivity contribution in [2.24, 2.45) is 46.3 Å². The normalized spacial score (nSPS) is 49.0. The second-order valence-corrected chi connectivity index (χ2v) is 12.1. The second kappa shape index (κ2) is 9.19. The van der Waals surface area contributed by atoms with Crippen LogP contribution in [0.1, 0.15) is 85.5 Å². The van der Waals surface area contributed by atoms with Crippen LogP contribution >= 0.6 is 0 Å². The Hall–Kier alpha value is -0.650. The number of fused-ring (bicyclic) bond motifs is 5. The van der Waals surface area contributed by atoms with Crippen LogP contribution in [-0.2, 0) is 14.3 Å². The maximum atomic E-state index is 11.9. The molecule has 0 aliphatic heterocycles. The van der Waals surface area contributed by atoms with Crippen LogP contribution in [0.5, 0.6) is 0 Å². The van der Waals surface area contributed by atoms with Gasteiger partial charge in [-0.3, -0.25) is 4.79 Å². The molecule has 0 bridgehead atoms. The van der Waals surface area contributed by atoms with Gasteiger partial charge in [-0.25, -0.2) is 0 Å². The molecule has 184 valence electrons. The van der Waals surface area contributed by atoms with Crippen molar-refractivity contribution in [3.63, 3.8) is 0 Å². The van der Waals surface area contributed by atoms with Gasteiger partial charge in [-0.05, 0) is 105 Å². The summed E-state index contributed by atoms with van der Waals surface area (Å²) in [6.07, 6.45) is 8.01. The first-order chi connectivity index (χ1) is 15.2. The summed E-state index contributed by atoms with van der Waals surface area (Å²) < 4.78 is 11.3. The van der Waals surface area contributed by atoms with Crippen molar-refractivity contribution < 1.29 is 24.5 Å². The first-order valence-corrected chi connectivity index (χ1v) is 13.2. The van der Waals surface area contributed by atoms with Gasteiger partial charge >= 0.3 is 5.97 Å². The van der Waals surface area contributed by atoms with Gasteiger partial charge in [0.25, 0.3) is 0 Å². The summed E-state index contributed by atoms with van der Waals surface area (Å²) in [5.41, 5.74) is 0.0677. The number of rotatable bonds is 6. The van der Waals surface area contributed by atoms with Crippen molar-refractivity contribution in [3.05, 3.63) is 0 Å². The van der Waals surface area contributed by atoms with Crippen LogP contribution in [0.4, 0.5) is 0 Å². The number of hydrogen-bond donors (Lipinski definition) is 2. The first-order valence-electron chi connectivity index (χ1n) is 13.2. The Morgan fingerprint density at radius 1 is 1.09 bits per heavy atom. The maximum absolute atomic E-state index is 11.9. The highest BCUT2D eigenvalue weighted by atomic mass is 16.5. The third-order valence-electron chi connectivity index (χ3n) is 10.9. The van der Waals surface area contributed by atoms with E-state index < -0.39 is 0 Å². The Morgan fingerprint density at radius 2 is 1.84 bits per heavy atom. The summed E-state index contributed by atoms with van der Waals surface area (Å²) >= 11 is 0. The highest BCUT2D eigenvalue weighted by Gasteiger charge is 2.65. The van der Waals surface area contributed by atoms with Crippen LogP contribution in [0.2, 0.25) is 0 Å². The van der Waals surface area contributed by atoms with Gasteiger partial charge in [0, 0.05) is 13.5 Å². The van der Waals surface area contributed by atoms with Gasteiger partial charge < -0.3 is 19.7 Å². The summed E-state index contributed by atoms with van der Waals surface area (Å²) in [4.78, 5) is 11.9. The maximum Gasteiger partial charge on any atom is 0.305 e. The fourth-order valence-electron chi connectivity index (χ4n) is 9.14. The van der Waals surface area contributed by atoms with Gasteiger partial charge in [-0.2, -0.15) is 0 Å². The quantitative estimate of drug-likeness (QED) is 0.579. The summed E-state index contributed by atoms with van der Waals surface area (Å²) in [6, 6.07) is 0. The smallest absolute Gasteiger partial charge is 0.305 e. The van der Waals surface area contributed by atoms with Gasteiger partial charge in [0.05, 0.1) is 24.9 Å². The minimum absolute atomic E-state index is 0.103. The molecule has 2 N–H and O–H groups in total. The lowest BCUT2D eigenvalue weighted by molar-refractivity contribution is -0.212. The molecule has 0 unspecified atom stereocenters.